The zero-order valence-corrected chi connectivity index (χ0v) is 16.8. The van der Waals surface area contributed by atoms with Crippen LogP contribution in [0.1, 0.15) is 37.8 Å². The number of aliphatic hydroxyl groups excluding tert-OH is 1. The van der Waals surface area contributed by atoms with Gasteiger partial charge in [-0.25, -0.2) is 4.79 Å². The van der Waals surface area contributed by atoms with Gasteiger partial charge in [-0.2, -0.15) is 5.26 Å². The van der Waals surface area contributed by atoms with Gasteiger partial charge in [-0.1, -0.05) is 6.07 Å². The molecule has 30 heavy (non-hydrogen) atoms. The van der Waals surface area contributed by atoms with Gasteiger partial charge in [0.15, 0.2) is 5.78 Å². The highest BCUT2D eigenvalue weighted by Crippen LogP contribution is 2.21. The molecule has 0 saturated carbocycles. The molecule has 1 heterocycles. The van der Waals surface area contributed by atoms with E-state index in [0.717, 1.165) is 5.39 Å². The van der Waals surface area contributed by atoms with Crippen molar-refractivity contribution >= 4 is 34.8 Å². The van der Waals surface area contributed by atoms with Crippen LogP contribution in [0.2, 0.25) is 0 Å². The van der Waals surface area contributed by atoms with E-state index in [1.54, 1.807) is 38.2 Å². The largest absolute Gasteiger partial charge is 0.461 e. The summed E-state index contributed by atoms with van der Waals surface area (Å²) in [6.45, 7) is 3.31. The maximum Gasteiger partial charge on any atom is 0.328 e. The average molecular weight is 412 g/mol. The summed E-state index contributed by atoms with van der Waals surface area (Å²) in [5, 5.41) is 29.5. The number of carbonyl (C=O) groups is 3. The standard InChI is InChI=1S/C21H24N4O5/c1-12(2)30-21(29)17(6-4-15(26)10-23)25-20(28)19(27)8-14-11-24-18-7-13(9-22)3-5-16(14)18/h3,5,7,10-12,17,19,23-24,27H,4,6,8H2,1-2H3,(H,25,28)/t17-,19-/m0/s1. The van der Waals surface area contributed by atoms with E-state index < -0.39 is 35.9 Å². The fourth-order valence-corrected chi connectivity index (χ4v) is 2.92. The highest BCUT2D eigenvalue weighted by atomic mass is 16.5. The number of aliphatic hydroxyl groups is 1. The van der Waals surface area contributed by atoms with Crippen LogP contribution < -0.4 is 5.32 Å². The number of ether oxygens (including phenoxy) is 1. The van der Waals surface area contributed by atoms with Crippen LogP contribution in [0.25, 0.3) is 10.9 Å². The fraction of sp³-hybridized carbons (Fsp3) is 0.381. The van der Waals surface area contributed by atoms with E-state index >= 15 is 0 Å². The van der Waals surface area contributed by atoms with Crippen molar-refractivity contribution in [1.29, 1.82) is 10.7 Å². The number of hydrogen-bond donors (Lipinski definition) is 4. The summed E-state index contributed by atoms with van der Waals surface area (Å²) in [6, 6.07) is 5.98. The Hall–Kier alpha value is -3.51. The van der Waals surface area contributed by atoms with Crippen molar-refractivity contribution < 1.29 is 24.2 Å². The Bertz CT molecular complexity index is 989. The molecule has 2 aromatic rings. The molecule has 0 bridgehead atoms. The molecule has 1 aromatic heterocycles. The number of ketones is 1. The number of aromatic nitrogens is 1. The van der Waals surface area contributed by atoms with Crippen LogP contribution in [0.4, 0.5) is 0 Å². The number of rotatable bonds is 10. The number of hydrogen-bond acceptors (Lipinski definition) is 7. The van der Waals surface area contributed by atoms with Gasteiger partial charge >= 0.3 is 5.97 Å². The number of aromatic amines is 1. The van der Waals surface area contributed by atoms with E-state index in [0.29, 0.717) is 22.9 Å². The molecule has 2 rings (SSSR count). The number of nitrogens with zero attached hydrogens (tertiary/aromatic N) is 1. The average Bonchev–Trinajstić information content (AvgIpc) is 3.11. The Morgan fingerprint density at radius 2 is 2.10 bits per heavy atom. The normalized spacial score (nSPS) is 12.8. The predicted molar refractivity (Wildman–Crippen MR) is 109 cm³/mol. The highest BCUT2D eigenvalue weighted by Gasteiger charge is 2.27. The first-order valence-corrected chi connectivity index (χ1v) is 9.47. The molecule has 0 aliphatic rings. The lowest BCUT2D eigenvalue weighted by Gasteiger charge is -2.20. The molecule has 158 valence electrons. The lowest BCUT2D eigenvalue weighted by molar-refractivity contribution is -0.152. The zero-order valence-electron chi connectivity index (χ0n) is 16.8. The van der Waals surface area contributed by atoms with E-state index in [2.05, 4.69) is 10.3 Å². The first kappa shape index (κ1) is 22.8. The number of nitriles is 1. The lowest BCUT2D eigenvalue weighted by atomic mass is 10.0. The minimum Gasteiger partial charge on any atom is -0.461 e. The Labute approximate surface area is 173 Å². The molecular formula is C21H24N4O5. The van der Waals surface area contributed by atoms with Crippen LogP contribution in [0.5, 0.6) is 0 Å². The second-order valence-electron chi connectivity index (χ2n) is 7.10. The van der Waals surface area contributed by atoms with E-state index in [1.165, 1.54) is 0 Å². The van der Waals surface area contributed by atoms with Crippen LogP contribution in [-0.4, -0.2) is 52.2 Å². The van der Waals surface area contributed by atoms with Crippen molar-refractivity contribution in [1.82, 2.24) is 10.3 Å². The summed E-state index contributed by atoms with van der Waals surface area (Å²) in [7, 11) is 0. The number of nitrogens with one attached hydrogen (secondary N) is 3. The van der Waals surface area contributed by atoms with Crippen molar-refractivity contribution in [2.45, 2.75) is 51.4 Å². The van der Waals surface area contributed by atoms with Crippen molar-refractivity contribution in [3.05, 3.63) is 35.5 Å². The Balaban J connectivity index is 2.08. The molecule has 9 nitrogen and oxygen atoms in total. The van der Waals surface area contributed by atoms with Gasteiger partial charge in [-0.15, -0.1) is 0 Å². The minimum absolute atomic E-state index is 0.0108. The molecule has 0 radical (unpaired) electrons. The summed E-state index contributed by atoms with van der Waals surface area (Å²) in [4.78, 5) is 39.1. The van der Waals surface area contributed by atoms with Crippen LogP contribution in [0, 0.1) is 16.7 Å². The van der Waals surface area contributed by atoms with Gasteiger partial charge in [0.05, 0.1) is 24.0 Å². The molecule has 0 unspecified atom stereocenters. The van der Waals surface area contributed by atoms with Crippen LogP contribution in [0.3, 0.4) is 0 Å². The zero-order chi connectivity index (χ0) is 22.3. The molecule has 9 heteroatoms. The predicted octanol–water partition coefficient (Wildman–Crippen LogP) is 1.38. The van der Waals surface area contributed by atoms with Crippen molar-refractivity contribution in [2.75, 3.05) is 0 Å². The van der Waals surface area contributed by atoms with Gasteiger partial charge in [0.2, 0.25) is 5.91 Å². The van der Waals surface area contributed by atoms with Crippen LogP contribution in [-0.2, 0) is 25.5 Å². The van der Waals surface area contributed by atoms with Gasteiger partial charge in [-0.05, 0) is 38.0 Å². The second kappa shape index (κ2) is 10.3. The number of esters is 1. The number of fused-ring (bicyclic) bond motifs is 1. The molecular weight excluding hydrogens is 388 g/mol. The van der Waals surface area contributed by atoms with Gasteiger partial charge in [0, 0.05) is 29.9 Å². The quantitative estimate of drug-likeness (QED) is 0.341. The summed E-state index contributed by atoms with van der Waals surface area (Å²) in [5.74, 6) is -1.96. The third-order valence-corrected chi connectivity index (χ3v) is 4.41. The van der Waals surface area contributed by atoms with Crippen molar-refractivity contribution in [3.8, 4) is 6.07 Å². The summed E-state index contributed by atoms with van der Waals surface area (Å²) in [5.41, 5.74) is 1.87. The summed E-state index contributed by atoms with van der Waals surface area (Å²) in [6.07, 6.45) is 0.288. The molecule has 1 amide bonds. The molecule has 0 fully saturated rings. The van der Waals surface area contributed by atoms with E-state index in [1.807, 2.05) is 6.07 Å². The van der Waals surface area contributed by atoms with Crippen molar-refractivity contribution in [2.24, 2.45) is 0 Å². The molecule has 4 N–H and O–H groups in total. The van der Waals surface area contributed by atoms with Crippen molar-refractivity contribution in [3.63, 3.8) is 0 Å². The summed E-state index contributed by atoms with van der Waals surface area (Å²) < 4.78 is 5.11. The van der Waals surface area contributed by atoms with Gasteiger partial charge < -0.3 is 25.6 Å². The summed E-state index contributed by atoms with van der Waals surface area (Å²) >= 11 is 0. The minimum atomic E-state index is -1.44. The Morgan fingerprint density at radius 3 is 2.73 bits per heavy atom. The van der Waals surface area contributed by atoms with Crippen LogP contribution in [0.15, 0.2) is 24.4 Å². The number of Topliss-reactive ketones (excluding diaryl/α,β-unsaturated/α-hetero) is 1. The van der Waals surface area contributed by atoms with E-state index in [-0.39, 0.29) is 19.3 Å². The maximum absolute atomic E-state index is 12.5. The molecule has 2 atom stereocenters. The number of amides is 1. The topological polar surface area (TPSA) is 156 Å². The SMILES string of the molecule is CC(C)OC(=O)[C@H](CCC(=O)C=N)NC(=O)[C@@H](O)Cc1c[nH]c2cc(C#N)ccc12. The monoisotopic (exact) mass is 412 g/mol. The molecule has 0 aliphatic heterocycles. The van der Waals surface area contributed by atoms with Crippen LogP contribution >= 0.6 is 0 Å². The molecule has 0 aliphatic carbocycles. The fourth-order valence-electron chi connectivity index (χ4n) is 2.92. The molecule has 0 saturated heterocycles. The van der Waals surface area contributed by atoms with Gasteiger partial charge in [-0.3, -0.25) is 9.59 Å². The third kappa shape index (κ3) is 5.99. The first-order chi connectivity index (χ1) is 14.2. The van der Waals surface area contributed by atoms with E-state index in [9.17, 15) is 19.5 Å². The second-order valence-corrected chi connectivity index (χ2v) is 7.10. The maximum atomic E-state index is 12.5. The molecule has 0 spiro atoms. The Kier molecular flexibility index (Phi) is 7.83. The Morgan fingerprint density at radius 1 is 1.37 bits per heavy atom. The number of benzene rings is 1. The molecule has 1 aromatic carbocycles. The highest BCUT2D eigenvalue weighted by molar-refractivity contribution is 6.26. The smallest absolute Gasteiger partial charge is 0.328 e. The number of carbonyl (C=O) groups excluding carboxylic acids is 3. The van der Waals surface area contributed by atoms with E-state index in [4.69, 9.17) is 15.4 Å². The third-order valence-electron chi connectivity index (χ3n) is 4.41. The lowest BCUT2D eigenvalue weighted by Crippen LogP contribution is -2.47. The van der Waals surface area contributed by atoms with Gasteiger partial charge in [0.1, 0.15) is 12.1 Å². The first-order valence-electron chi connectivity index (χ1n) is 9.47. The number of H-pyrrole nitrogens is 1. The van der Waals surface area contributed by atoms with Gasteiger partial charge in [0.25, 0.3) is 0 Å².